The van der Waals surface area contributed by atoms with Gasteiger partial charge in [0.15, 0.2) is 11.5 Å². The Kier molecular flexibility index (Phi) is 17.1. The number of carbonyl (C=O) groups excluding carboxylic acids is 3. The first-order valence-corrected chi connectivity index (χ1v) is 12.4. The smallest absolute Gasteiger partial charge is 0.408 e. The highest BCUT2D eigenvalue weighted by Crippen LogP contribution is 2.38. The zero-order valence-corrected chi connectivity index (χ0v) is 22.8. The fraction of sp³-hybridized carbons (Fsp3) is 0.640. The van der Waals surface area contributed by atoms with Gasteiger partial charge in [-0.1, -0.05) is 13.8 Å². The van der Waals surface area contributed by atoms with Crippen LogP contribution in [0.25, 0.3) is 0 Å². The first-order chi connectivity index (χ1) is 17.6. The Bertz CT molecular complexity index is 862. The lowest BCUT2D eigenvalue weighted by Gasteiger charge is -2.21. The van der Waals surface area contributed by atoms with Gasteiger partial charge < -0.3 is 34.4 Å². The summed E-state index contributed by atoms with van der Waals surface area (Å²) in [4.78, 5) is 46.5. The molecule has 2 atom stereocenters. The van der Waals surface area contributed by atoms with E-state index >= 15 is 0 Å². The minimum atomic E-state index is -1.05. The van der Waals surface area contributed by atoms with Crippen LogP contribution in [0.5, 0.6) is 11.5 Å². The maximum absolute atomic E-state index is 12.6. The van der Waals surface area contributed by atoms with E-state index in [4.69, 9.17) is 18.9 Å². The van der Waals surface area contributed by atoms with E-state index in [0.717, 1.165) is 6.29 Å². The van der Waals surface area contributed by atoms with Crippen LogP contribution in [0.4, 0.5) is 10.5 Å². The molecule has 1 amide bonds. The van der Waals surface area contributed by atoms with Gasteiger partial charge in [-0.3, -0.25) is 10.1 Å². The summed E-state index contributed by atoms with van der Waals surface area (Å²) in [6.45, 7) is 9.67. The van der Waals surface area contributed by atoms with E-state index in [0.29, 0.717) is 32.2 Å². The molecule has 12 heteroatoms. The Morgan fingerprint density at radius 3 is 2.32 bits per heavy atom. The summed E-state index contributed by atoms with van der Waals surface area (Å²) in [7, 11) is 3.14. The van der Waals surface area contributed by atoms with Crippen molar-refractivity contribution in [1.82, 2.24) is 10.6 Å². The number of benzene rings is 1. The monoisotopic (exact) mass is 527 g/mol. The van der Waals surface area contributed by atoms with Gasteiger partial charge in [-0.15, -0.1) is 0 Å². The van der Waals surface area contributed by atoms with Gasteiger partial charge in [-0.05, 0) is 59.7 Å². The number of hydrogen-bond donors (Lipinski definition) is 2. The summed E-state index contributed by atoms with van der Waals surface area (Å²) in [5, 5.41) is 17.2. The van der Waals surface area contributed by atoms with Gasteiger partial charge in [0.1, 0.15) is 18.4 Å². The summed E-state index contributed by atoms with van der Waals surface area (Å²) < 4.78 is 21.4. The highest BCUT2D eigenvalue weighted by Gasteiger charge is 2.28. The minimum Gasteiger partial charge on any atom is -0.493 e. The molecule has 37 heavy (non-hydrogen) atoms. The molecule has 1 rings (SSSR count). The van der Waals surface area contributed by atoms with E-state index < -0.39 is 29.1 Å². The second-order valence-corrected chi connectivity index (χ2v) is 7.95. The van der Waals surface area contributed by atoms with E-state index in [1.54, 1.807) is 20.9 Å². The van der Waals surface area contributed by atoms with Crippen molar-refractivity contribution in [3.05, 3.63) is 27.8 Å². The second-order valence-electron chi connectivity index (χ2n) is 7.95. The lowest BCUT2D eigenvalue weighted by molar-refractivity contribution is -0.386. The fourth-order valence-corrected chi connectivity index (χ4v) is 3.12. The molecular weight excluding hydrogens is 486 g/mol. The van der Waals surface area contributed by atoms with Crippen molar-refractivity contribution in [2.75, 3.05) is 27.3 Å². The number of methoxy groups -OCH3 is 1. The molecule has 0 saturated carbocycles. The molecule has 1 aromatic carbocycles. The molecule has 0 saturated heterocycles. The Labute approximate surface area is 218 Å². The first kappa shape index (κ1) is 33.6. The Morgan fingerprint density at radius 1 is 1.11 bits per heavy atom. The average molecular weight is 528 g/mol. The largest absolute Gasteiger partial charge is 0.493 e. The fourth-order valence-electron chi connectivity index (χ4n) is 3.12. The number of amides is 1. The molecule has 0 spiro atoms. The highest BCUT2D eigenvalue weighted by molar-refractivity contribution is 5.81. The molecule has 2 unspecified atom stereocenters. The molecule has 0 aliphatic carbocycles. The lowest BCUT2D eigenvalue weighted by Crippen LogP contribution is -2.43. The minimum absolute atomic E-state index is 0.0822. The number of carbonyl (C=O) groups is 3. The highest BCUT2D eigenvalue weighted by atomic mass is 16.6. The molecule has 0 aliphatic rings. The summed E-state index contributed by atoms with van der Waals surface area (Å²) in [6.07, 6.45) is 0.0770. The van der Waals surface area contributed by atoms with Gasteiger partial charge in [-0.25, -0.2) is 9.59 Å². The van der Waals surface area contributed by atoms with Crippen LogP contribution in [0.3, 0.4) is 0 Å². The van der Waals surface area contributed by atoms with E-state index in [-0.39, 0.29) is 35.5 Å². The summed E-state index contributed by atoms with van der Waals surface area (Å²) in [5.41, 5.74) is -0.250. The van der Waals surface area contributed by atoms with E-state index in [2.05, 4.69) is 10.6 Å². The SMILES string of the molecule is CC.CNCCCC(NC(=O)OC(C)c1cc(OC)c(OCCCC=O)cc1[N+](=O)[O-])C(=O)OC(C)C. The molecule has 2 N–H and O–H groups in total. The zero-order valence-electron chi connectivity index (χ0n) is 22.8. The third-order valence-electron chi connectivity index (χ3n) is 4.80. The maximum Gasteiger partial charge on any atom is 0.408 e. The van der Waals surface area contributed by atoms with Crippen molar-refractivity contribution >= 4 is 24.0 Å². The third kappa shape index (κ3) is 12.4. The molecular formula is C25H41N3O9. The summed E-state index contributed by atoms with van der Waals surface area (Å²) in [6, 6.07) is 1.62. The van der Waals surface area contributed by atoms with Crippen LogP contribution in [0.15, 0.2) is 12.1 Å². The predicted molar refractivity (Wildman–Crippen MR) is 138 cm³/mol. The zero-order chi connectivity index (χ0) is 28.4. The molecule has 0 radical (unpaired) electrons. The number of unbranched alkanes of at least 4 members (excludes halogenated alkanes) is 1. The van der Waals surface area contributed by atoms with Crippen LogP contribution >= 0.6 is 0 Å². The van der Waals surface area contributed by atoms with E-state index in [9.17, 15) is 24.5 Å². The quantitative estimate of drug-likeness (QED) is 0.105. The van der Waals surface area contributed by atoms with Crippen LogP contribution in [0.2, 0.25) is 0 Å². The van der Waals surface area contributed by atoms with Crippen molar-refractivity contribution in [1.29, 1.82) is 0 Å². The van der Waals surface area contributed by atoms with Crippen molar-refractivity contribution < 1.29 is 38.3 Å². The molecule has 0 bridgehead atoms. The van der Waals surface area contributed by atoms with Gasteiger partial charge in [0.2, 0.25) is 0 Å². The van der Waals surface area contributed by atoms with Crippen molar-refractivity contribution in [3.8, 4) is 11.5 Å². The number of rotatable bonds is 16. The van der Waals surface area contributed by atoms with Gasteiger partial charge in [0, 0.05) is 6.42 Å². The Balaban J connectivity index is 0.00000631. The van der Waals surface area contributed by atoms with Gasteiger partial charge >= 0.3 is 12.1 Å². The summed E-state index contributed by atoms with van der Waals surface area (Å²) >= 11 is 0. The number of aldehydes is 1. The van der Waals surface area contributed by atoms with Gasteiger partial charge in [-0.2, -0.15) is 0 Å². The van der Waals surface area contributed by atoms with Crippen molar-refractivity contribution in [2.24, 2.45) is 0 Å². The van der Waals surface area contributed by atoms with Crippen LogP contribution in [0, 0.1) is 10.1 Å². The average Bonchev–Trinajstić information content (AvgIpc) is 2.86. The number of nitro benzene ring substituents is 1. The number of nitrogens with zero attached hydrogens (tertiary/aromatic N) is 1. The molecule has 210 valence electrons. The number of esters is 1. The van der Waals surface area contributed by atoms with Crippen LogP contribution in [-0.2, 0) is 19.1 Å². The number of nitrogens with one attached hydrogen (secondary N) is 2. The van der Waals surface area contributed by atoms with Crippen molar-refractivity contribution in [3.63, 3.8) is 0 Å². The molecule has 0 fully saturated rings. The molecule has 0 aromatic heterocycles. The molecule has 12 nitrogen and oxygen atoms in total. The van der Waals surface area contributed by atoms with Gasteiger partial charge in [0.25, 0.3) is 5.69 Å². The summed E-state index contributed by atoms with van der Waals surface area (Å²) in [5.74, 6) is -0.256. The topological polar surface area (TPSA) is 155 Å². The van der Waals surface area contributed by atoms with Gasteiger partial charge in [0.05, 0.1) is 36.4 Å². The first-order valence-electron chi connectivity index (χ1n) is 12.4. The standard InChI is InChI=1S/C23H35N3O9.C2H6/c1-15(2)34-22(28)18(9-8-10-24-4)25-23(29)35-16(3)17-13-20(32-5)21(14-19(17)26(30)31)33-12-7-6-11-27;1-2/h11,13-16,18,24H,6-10,12H2,1-5H3,(H,25,29);1-2H3. The van der Waals surface area contributed by atoms with E-state index in [1.165, 1.54) is 26.2 Å². The maximum atomic E-state index is 12.6. The molecule has 0 aliphatic heterocycles. The number of ether oxygens (including phenoxy) is 4. The van der Waals surface area contributed by atoms with Crippen LogP contribution in [-0.4, -0.2) is 62.7 Å². The number of alkyl carbamates (subject to hydrolysis) is 1. The van der Waals surface area contributed by atoms with E-state index in [1.807, 2.05) is 13.8 Å². The Morgan fingerprint density at radius 2 is 1.78 bits per heavy atom. The number of nitro groups is 1. The van der Waals surface area contributed by atoms with Crippen LogP contribution < -0.4 is 20.1 Å². The second kappa shape index (κ2) is 18.8. The Hall–Kier alpha value is -3.41. The van der Waals surface area contributed by atoms with Crippen LogP contribution in [0.1, 0.15) is 72.0 Å². The lowest BCUT2D eigenvalue weighted by atomic mass is 10.1. The molecule has 1 aromatic rings. The predicted octanol–water partition coefficient (Wildman–Crippen LogP) is 4.09. The molecule has 0 heterocycles. The number of hydrogen-bond acceptors (Lipinski definition) is 10. The normalized spacial score (nSPS) is 11.9. The van der Waals surface area contributed by atoms with Crippen molar-refractivity contribution in [2.45, 2.75) is 78.6 Å². The third-order valence-corrected chi connectivity index (χ3v) is 4.80.